The summed E-state index contributed by atoms with van der Waals surface area (Å²) in [6.07, 6.45) is 5.99. The highest BCUT2D eigenvalue weighted by molar-refractivity contribution is 7.80. The van der Waals surface area contributed by atoms with Crippen LogP contribution in [0.1, 0.15) is 58.4 Å². The maximum atomic E-state index is 5.37. The normalized spacial score (nSPS) is 12.2. The highest BCUT2D eigenvalue weighted by Gasteiger charge is 2.11. The van der Waals surface area contributed by atoms with Crippen molar-refractivity contribution in [2.45, 2.75) is 59.4 Å². The highest BCUT2D eigenvalue weighted by atomic mass is 32.1. The minimum atomic E-state index is 0.542. The van der Waals surface area contributed by atoms with E-state index in [1.807, 2.05) is 6.07 Å². The van der Waals surface area contributed by atoms with E-state index in [4.69, 9.17) is 12.2 Å². The van der Waals surface area contributed by atoms with Gasteiger partial charge in [-0.2, -0.15) is 0 Å². The molecule has 2 aromatic carbocycles. The van der Waals surface area contributed by atoms with E-state index in [0.29, 0.717) is 5.11 Å². The van der Waals surface area contributed by atoms with Crippen molar-refractivity contribution in [2.24, 2.45) is 4.99 Å². The van der Waals surface area contributed by atoms with Crippen LogP contribution >= 0.6 is 12.2 Å². The third kappa shape index (κ3) is 6.37. The van der Waals surface area contributed by atoms with Gasteiger partial charge in [0.1, 0.15) is 0 Å². The number of aromatic amines is 1. The number of nitrogens with one attached hydrogen (secondary N) is 2. The predicted molar refractivity (Wildman–Crippen MR) is 137 cm³/mol. The van der Waals surface area contributed by atoms with Gasteiger partial charge in [0, 0.05) is 29.4 Å². The third-order valence-electron chi connectivity index (χ3n) is 5.62. The number of unbranched alkanes of at least 4 members (excludes halogenated alkanes) is 2. The molecule has 0 fully saturated rings. The van der Waals surface area contributed by atoms with E-state index in [1.165, 1.54) is 47.5 Å². The molecule has 3 rings (SSSR count). The molecule has 0 amide bonds. The molecule has 4 nitrogen and oxygen atoms in total. The molecule has 0 spiro atoms. The summed E-state index contributed by atoms with van der Waals surface area (Å²) in [6.45, 7) is 10.8. The lowest BCUT2D eigenvalue weighted by atomic mass is 10.1. The number of benzene rings is 1. The molecule has 1 aromatic heterocycles. The number of para-hydroxylation sites is 1. The maximum absolute atomic E-state index is 5.37. The summed E-state index contributed by atoms with van der Waals surface area (Å²) in [5, 5.41) is 7.08. The zero-order valence-corrected chi connectivity index (χ0v) is 20.0. The van der Waals surface area contributed by atoms with Gasteiger partial charge in [0.25, 0.3) is 0 Å². The number of rotatable bonds is 10. The van der Waals surface area contributed by atoms with Crippen LogP contribution in [0.5, 0.6) is 0 Å². The minimum Gasteiger partial charge on any atom is -0.361 e. The number of nitrogens with zero attached hydrogens (tertiary/aromatic N) is 2. The molecule has 0 unspecified atom stereocenters. The smallest absolute Gasteiger partial charge is 0.193 e. The molecule has 0 radical (unpaired) electrons. The van der Waals surface area contributed by atoms with Crippen LogP contribution in [-0.4, -0.2) is 34.6 Å². The van der Waals surface area contributed by atoms with Gasteiger partial charge in [0.05, 0.1) is 10.9 Å². The Balaban J connectivity index is 1.98. The minimum absolute atomic E-state index is 0.542. The topological polar surface area (TPSA) is 43.4 Å². The molecule has 0 aliphatic rings. The van der Waals surface area contributed by atoms with E-state index < -0.39 is 0 Å². The van der Waals surface area contributed by atoms with Crippen molar-refractivity contribution in [3.8, 4) is 0 Å². The number of aromatic nitrogens is 1. The highest BCUT2D eigenvalue weighted by Crippen LogP contribution is 2.27. The molecule has 0 saturated carbocycles. The molecule has 0 saturated heterocycles. The van der Waals surface area contributed by atoms with Crippen LogP contribution < -0.4 is 10.7 Å². The summed E-state index contributed by atoms with van der Waals surface area (Å²) < 4.78 is 0. The summed E-state index contributed by atoms with van der Waals surface area (Å²) in [5.74, 6) is 0. The van der Waals surface area contributed by atoms with Crippen molar-refractivity contribution < 1.29 is 0 Å². The Kier molecular flexibility index (Phi) is 9.04. The molecule has 0 bridgehead atoms. The Bertz CT molecular complexity index is 1060. The molecular formula is C26H36N4S. The lowest BCUT2D eigenvalue weighted by Gasteiger charge is -2.22. The van der Waals surface area contributed by atoms with Gasteiger partial charge in [-0.15, -0.1) is 0 Å². The first-order valence-electron chi connectivity index (χ1n) is 11.7. The SMILES string of the molecule is CCCCN(CCCC)Cc1cccc2c1[nH]c1cc(=NC(=S)NCCC)cccc12. The van der Waals surface area contributed by atoms with Crippen molar-refractivity contribution in [2.75, 3.05) is 19.6 Å². The first kappa shape index (κ1) is 23.4. The van der Waals surface area contributed by atoms with Crippen LogP contribution in [0, 0.1) is 0 Å². The number of fused-ring (bicyclic) bond motifs is 3. The van der Waals surface area contributed by atoms with Crippen LogP contribution in [0.15, 0.2) is 47.5 Å². The monoisotopic (exact) mass is 436 g/mol. The maximum Gasteiger partial charge on any atom is 0.193 e. The van der Waals surface area contributed by atoms with Crippen LogP contribution in [0.2, 0.25) is 0 Å². The van der Waals surface area contributed by atoms with Crippen LogP contribution in [0.4, 0.5) is 0 Å². The second-order valence-corrected chi connectivity index (χ2v) is 8.60. The summed E-state index contributed by atoms with van der Waals surface area (Å²) in [6, 6.07) is 15.0. The fourth-order valence-corrected chi connectivity index (χ4v) is 4.12. The van der Waals surface area contributed by atoms with Gasteiger partial charge in [-0.1, -0.05) is 63.9 Å². The van der Waals surface area contributed by atoms with Crippen molar-refractivity contribution in [3.05, 3.63) is 53.4 Å². The fraction of sp³-hybridized carbons (Fsp3) is 0.462. The molecule has 0 aliphatic carbocycles. The van der Waals surface area contributed by atoms with Gasteiger partial charge >= 0.3 is 0 Å². The molecule has 166 valence electrons. The summed E-state index contributed by atoms with van der Waals surface area (Å²) in [5.41, 5.74) is 3.69. The Morgan fingerprint density at radius 3 is 2.39 bits per heavy atom. The molecule has 0 atom stereocenters. The van der Waals surface area contributed by atoms with E-state index in [9.17, 15) is 0 Å². The Morgan fingerprint density at radius 1 is 0.968 bits per heavy atom. The predicted octanol–water partition coefficient (Wildman–Crippen LogP) is 5.91. The first-order chi connectivity index (χ1) is 15.2. The lowest BCUT2D eigenvalue weighted by molar-refractivity contribution is 0.258. The van der Waals surface area contributed by atoms with Gasteiger partial charge in [0.2, 0.25) is 0 Å². The van der Waals surface area contributed by atoms with Crippen molar-refractivity contribution in [1.29, 1.82) is 0 Å². The van der Waals surface area contributed by atoms with E-state index in [2.05, 4.69) is 77.4 Å². The Hall–Kier alpha value is -2.24. The van der Waals surface area contributed by atoms with Crippen LogP contribution in [0.25, 0.3) is 21.8 Å². The summed E-state index contributed by atoms with van der Waals surface area (Å²) >= 11 is 5.37. The average molecular weight is 437 g/mol. The molecule has 3 aromatic rings. The zero-order chi connectivity index (χ0) is 22.1. The molecule has 31 heavy (non-hydrogen) atoms. The van der Waals surface area contributed by atoms with Gasteiger partial charge in [-0.25, -0.2) is 4.99 Å². The molecule has 5 heteroatoms. The van der Waals surface area contributed by atoms with Gasteiger partial charge in [-0.05, 0) is 62.3 Å². The van der Waals surface area contributed by atoms with Gasteiger partial charge in [-0.3, -0.25) is 4.90 Å². The van der Waals surface area contributed by atoms with Crippen LogP contribution in [-0.2, 0) is 6.54 Å². The number of H-pyrrole nitrogens is 1. The number of hydrogen-bond donors (Lipinski definition) is 2. The molecule has 1 heterocycles. The van der Waals surface area contributed by atoms with Crippen LogP contribution in [0.3, 0.4) is 0 Å². The average Bonchev–Trinajstić information content (AvgIpc) is 2.99. The molecule has 0 aliphatic heterocycles. The summed E-state index contributed by atoms with van der Waals surface area (Å²) in [4.78, 5) is 10.9. The second kappa shape index (κ2) is 12.0. The van der Waals surface area contributed by atoms with E-state index in [1.54, 1.807) is 0 Å². The molecule has 2 N–H and O–H groups in total. The third-order valence-corrected chi connectivity index (χ3v) is 5.86. The first-order valence-corrected chi connectivity index (χ1v) is 12.2. The van der Waals surface area contributed by atoms with Crippen molar-refractivity contribution in [1.82, 2.24) is 15.2 Å². The van der Waals surface area contributed by atoms with Crippen molar-refractivity contribution >= 4 is 39.1 Å². The van der Waals surface area contributed by atoms with E-state index in [0.717, 1.165) is 43.5 Å². The summed E-state index contributed by atoms with van der Waals surface area (Å²) in [7, 11) is 0. The molecular weight excluding hydrogens is 400 g/mol. The van der Waals surface area contributed by atoms with Gasteiger partial charge < -0.3 is 10.3 Å². The Labute approximate surface area is 191 Å². The Morgan fingerprint density at radius 2 is 1.68 bits per heavy atom. The largest absolute Gasteiger partial charge is 0.361 e. The van der Waals surface area contributed by atoms with E-state index in [-0.39, 0.29) is 0 Å². The van der Waals surface area contributed by atoms with Crippen molar-refractivity contribution in [3.63, 3.8) is 0 Å². The second-order valence-electron chi connectivity index (χ2n) is 8.21. The van der Waals surface area contributed by atoms with E-state index >= 15 is 0 Å². The fourth-order valence-electron chi connectivity index (χ4n) is 3.92. The number of hydrogen-bond acceptors (Lipinski definition) is 2. The lowest BCUT2D eigenvalue weighted by Crippen LogP contribution is -2.25. The zero-order valence-electron chi connectivity index (χ0n) is 19.2. The quantitative estimate of drug-likeness (QED) is 0.388. The number of thiocarbonyl (C=S) groups is 1. The standard InChI is InChI=1S/C26H36N4S/c1-4-7-16-30(17-8-5-2)19-20-11-9-14-23-22-13-10-12-21(18-24(22)29-25(20)23)28-26(31)27-15-6-3/h9-14,18,29H,4-8,15-17,19H2,1-3H3,(H,27,31). The van der Waals surface area contributed by atoms with Gasteiger partial charge in [0.15, 0.2) is 5.11 Å².